The summed E-state index contributed by atoms with van der Waals surface area (Å²) in [7, 11) is 4.70. The highest BCUT2D eigenvalue weighted by atomic mass is 79.9. The van der Waals surface area contributed by atoms with E-state index in [0.29, 0.717) is 39.3 Å². The van der Waals surface area contributed by atoms with Crippen molar-refractivity contribution in [2.24, 2.45) is 0 Å². The number of hydrogen-bond donors (Lipinski definition) is 2. The summed E-state index contributed by atoms with van der Waals surface area (Å²) >= 11 is 10.7. The fourth-order valence-corrected chi connectivity index (χ4v) is 4.61. The number of ether oxygens (including phenoxy) is 3. The van der Waals surface area contributed by atoms with Crippen LogP contribution in [0, 0.1) is 0 Å². The second kappa shape index (κ2) is 9.41. The van der Waals surface area contributed by atoms with Crippen LogP contribution in [0.5, 0.6) is 17.2 Å². The average Bonchev–Trinajstić information content (AvgIpc) is 2.65. The maximum absolute atomic E-state index is 9.80. The van der Waals surface area contributed by atoms with E-state index in [1.54, 1.807) is 27.4 Å². The van der Waals surface area contributed by atoms with Crippen molar-refractivity contribution in [3.05, 3.63) is 47.8 Å². The van der Waals surface area contributed by atoms with E-state index in [4.69, 9.17) is 14.2 Å². The lowest BCUT2D eigenvalue weighted by molar-refractivity contribution is 0.268. The number of hydrogen-bond acceptors (Lipinski definition) is 5. The van der Waals surface area contributed by atoms with Crippen LogP contribution in [0.2, 0.25) is 0 Å². The molecule has 0 bridgehead atoms. The van der Waals surface area contributed by atoms with E-state index < -0.39 is 0 Å². The van der Waals surface area contributed by atoms with Gasteiger partial charge >= 0.3 is 0 Å². The van der Waals surface area contributed by atoms with Gasteiger partial charge in [0.05, 0.1) is 43.5 Å². The summed E-state index contributed by atoms with van der Waals surface area (Å²) in [4.78, 5) is 0. The fraction of sp³-hybridized carbons (Fsp3) is 0.333. The van der Waals surface area contributed by atoms with Crippen molar-refractivity contribution in [2.45, 2.75) is 19.6 Å². The van der Waals surface area contributed by atoms with Crippen LogP contribution < -0.4 is 14.2 Å². The summed E-state index contributed by atoms with van der Waals surface area (Å²) in [6.07, 6.45) is 0.498. The minimum atomic E-state index is -0.180. The Morgan fingerprint density at radius 2 is 1.35 bits per heavy atom. The molecule has 2 N–H and O–H groups in total. The Kier molecular flexibility index (Phi) is 7.78. The third-order valence-electron chi connectivity index (χ3n) is 4.03. The van der Waals surface area contributed by atoms with Gasteiger partial charge in [-0.15, -0.1) is 0 Å². The molecule has 0 spiro atoms. The number of halogens is 3. The predicted molar refractivity (Wildman–Crippen MR) is 110 cm³/mol. The monoisotopic (exact) mass is 552 g/mol. The topological polar surface area (TPSA) is 68.2 Å². The molecule has 0 saturated carbocycles. The Hall–Kier alpha value is -0.800. The number of benzene rings is 2. The highest BCUT2D eigenvalue weighted by Gasteiger charge is 2.21. The summed E-state index contributed by atoms with van der Waals surface area (Å²) in [5.74, 6) is 1.74. The second-order valence-corrected chi connectivity index (χ2v) is 7.79. The normalized spacial score (nSPS) is 10.8. The first-order valence-corrected chi connectivity index (χ1v) is 9.98. The highest BCUT2D eigenvalue weighted by molar-refractivity contribution is 9.13. The summed E-state index contributed by atoms with van der Waals surface area (Å²) in [5.41, 5.74) is 3.12. The molecule has 26 heavy (non-hydrogen) atoms. The van der Waals surface area contributed by atoms with Crippen LogP contribution in [-0.4, -0.2) is 31.5 Å². The van der Waals surface area contributed by atoms with Crippen LogP contribution in [0.15, 0.2) is 25.6 Å². The van der Waals surface area contributed by atoms with Crippen molar-refractivity contribution < 1.29 is 24.4 Å². The van der Waals surface area contributed by atoms with E-state index in [2.05, 4.69) is 47.8 Å². The molecular formula is C18H19Br3O5. The molecule has 142 valence electrons. The van der Waals surface area contributed by atoms with Crippen molar-refractivity contribution in [1.29, 1.82) is 0 Å². The van der Waals surface area contributed by atoms with Gasteiger partial charge < -0.3 is 24.4 Å². The largest absolute Gasteiger partial charge is 0.495 e. The molecule has 0 atom stereocenters. The van der Waals surface area contributed by atoms with E-state index in [0.717, 1.165) is 20.1 Å². The molecule has 0 aliphatic heterocycles. The van der Waals surface area contributed by atoms with Gasteiger partial charge in [0, 0.05) is 16.5 Å². The van der Waals surface area contributed by atoms with Crippen LogP contribution in [0.1, 0.15) is 22.3 Å². The SMILES string of the molecule is COc1cc(Cc2c(CO)cc(CO)c(OC)c2Br)c(Br)c(Br)c1OC. The zero-order valence-corrected chi connectivity index (χ0v) is 19.3. The Labute approximate surface area is 177 Å². The van der Waals surface area contributed by atoms with Crippen molar-refractivity contribution in [2.75, 3.05) is 21.3 Å². The highest BCUT2D eigenvalue weighted by Crippen LogP contribution is 2.44. The Morgan fingerprint density at radius 1 is 0.731 bits per heavy atom. The van der Waals surface area contributed by atoms with Crippen molar-refractivity contribution in [3.8, 4) is 17.2 Å². The molecule has 0 radical (unpaired) electrons. The molecule has 0 aliphatic rings. The van der Waals surface area contributed by atoms with Gasteiger partial charge in [0.25, 0.3) is 0 Å². The van der Waals surface area contributed by atoms with E-state index in [-0.39, 0.29) is 13.2 Å². The van der Waals surface area contributed by atoms with Crippen molar-refractivity contribution >= 4 is 47.8 Å². The molecule has 5 nitrogen and oxygen atoms in total. The molecule has 0 saturated heterocycles. The summed E-state index contributed by atoms with van der Waals surface area (Å²) in [6, 6.07) is 3.64. The lowest BCUT2D eigenvalue weighted by atomic mass is 9.97. The fourth-order valence-electron chi connectivity index (χ4n) is 2.75. The number of rotatable bonds is 7. The molecule has 0 aromatic heterocycles. The van der Waals surface area contributed by atoms with Crippen LogP contribution >= 0.6 is 47.8 Å². The Morgan fingerprint density at radius 3 is 1.85 bits per heavy atom. The van der Waals surface area contributed by atoms with E-state index >= 15 is 0 Å². The number of aliphatic hydroxyl groups excluding tert-OH is 2. The molecular weight excluding hydrogens is 536 g/mol. The van der Waals surface area contributed by atoms with Gasteiger partial charge in [0.2, 0.25) is 0 Å². The first kappa shape index (κ1) is 21.5. The zero-order chi connectivity index (χ0) is 19.4. The van der Waals surface area contributed by atoms with Crippen LogP contribution in [0.3, 0.4) is 0 Å². The van der Waals surface area contributed by atoms with Gasteiger partial charge in [0.1, 0.15) is 5.75 Å². The predicted octanol–water partition coefficient (Wildman–Crippen LogP) is 4.58. The van der Waals surface area contributed by atoms with Gasteiger partial charge in [-0.05, 0) is 76.6 Å². The van der Waals surface area contributed by atoms with E-state index in [1.807, 2.05) is 6.07 Å². The zero-order valence-electron chi connectivity index (χ0n) is 14.5. The lowest BCUT2D eigenvalue weighted by Gasteiger charge is -2.19. The quantitative estimate of drug-likeness (QED) is 0.525. The molecule has 2 aromatic carbocycles. The molecule has 0 unspecified atom stereocenters. The van der Waals surface area contributed by atoms with E-state index in [9.17, 15) is 10.2 Å². The van der Waals surface area contributed by atoms with Gasteiger partial charge in [0.15, 0.2) is 11.5 Å². The first-order valence-electron chi connectivity index (χ1n) is 7.61. The van der Waals surface area contributed by atoms with Gasteiger partial charge in [-0.2, -0.15) is 0 Å². The van der Waals surface area contributed by atoms with Crippen LogP contribution in [0.4, 0.5) is 0 Å². The third-order valence-corrected chi connectivity index (χ3v) is 7.06. The van der Waals surface area contributed by atoms with Gasteiger partial charge in [-0.25, -0.2) is 0 Å². The molecule has 2 aromatic rings. The van der Waals surface area contributed by atoms with Gasteiger partial charge in [-0.1, -0.05) is 0 Å². The smallest absolute Gasteiger partial charge is 0.176 e. The minimum absolute atomic E-state index is 0.156. The maximum atomic E-state index is 9.80. The standard InChI is InChI=1S/C18H19Br3O5/c1-24-13-6-9(14(19)16(21)18(13)26-3)5-12-10(7-22)4-11(8-23)17(25-2)15(12)20/h4,6,22-23H,5,7-8H2,1-3H3. The number of methoxy groups -OCH3 is 3. The van der Waals surface area contributed by atoms with Crippen LogP contribution in [-0.2, 0) is 19.6 Å². The summed E-state index contributed by atoms with van der Waals surface area (Å²) in [6.45, 7) is -0.336. The van der Waals surface area contributed by atoms with Crippen molar-refractivity contribution in [1.82, 2.24) is 0 Å². The lowest BCUT2D eigenvalue weighted by Crippen LogP contribution is -2.04. The molecule has 0 aliphatic carbocycles. The third kappa shape index (κ3) is 4.04. The number of aliphatic hydroxyl groups is 2. The maximum Gasteiger partial charge on any atom is 0.176 e. The second-order valence-electron chi connectivity index (χ2n) is 5.41. The van der Waals surface area contributed by atoms with Gasteiger partial charge in [-0.3, -0.25) is 0 Å². The summed E-state index contributed by atoms with van der Waals surface area (Å²) in [5, 5.41) is 19.4. The van der Waals surface area contributed by atoms with Crippen LogP contribution in [0.25, 0.3) is 0 Å². The molecule has 2 rings (SSSR count). The van der Waals surface area contributed by atoms with E-state index in [1.165, 1.54) is 0 Å². The minimum Gasteiger partial charge on any atom is -0.495 e. The average molecular weight is 555 g/mol. The summed E-state index contributed by atoms with van der Waals surface area (Å²) < 4.78 is 18.5. The first-order chi connectivity index (χ1) is 12.4. The van der Waals surface area contributed by atoms with Crippen molar-refractivity contribution in [3.63, 3.8) is 0 Å². The Balaban J connectivity index is 2.63. The molecule has 0 heterocycles. The molecule has 0 amide bonds. The Bertz CT molecular complexity index is 808. The molecule has 0 fully saturated rings. The molecule has 8 heteroatoms.